The molecule has 0 N–H and O–H groups in total. The number of nitrogens with zero attached hydrogens (tertiary/aromatic N) is 1. The van der Waals surface area contributed by atoms with Crippen LogP contribution in [0.5, 0.6) is 0 Å². The smallest absolute Gasteiger partial charge is 0.184 e. The summed E-state index contributed by atoms with van der Waals surface area (Å²) < 4.78 is 39.4. The van der Waals surface area contributed by atoms with Gasteiger partial charge < -0.3 is 0 Å². The Kier molecular flexibility index (Phi) is 5.54. The van der Waals surface area contributed by atoms with E-state index in [9.17, 15) is 17.6 Å². The lowest BCUT2D eigenvalue weighted by Gasteiger charge is -2.07. The van der Waals surface area contributed by atoms with Gasteiger partial charge in [-0.1, -0.05) is 42.5 Å². The second kappa shape index (κ2) is 8.52. The molecule has 1 heterocycles. The van der Waals surface area contributed by atoms with Crippen LogP contribution in [0.15, 0.2) is 90.0 Å². The molecule has 1 saturated carbocycles. The molecule has 0 bridgehead atoms. The second-order valence-corrected chi connectivity index (χ2v) is 10.5. The molecule has 1 unspecified atom stereocenters. The maximum atomic E-state index is 14.1. The molecule has 0 amide bonds. The predicted molar refractivity (Wildman–Crippen MR) is 125 cm³/mol. The lowest BCUT2D eigenvalue weighted by molar-refractivity contribution is -0.119. The van der Waals surface area contributed by atoms with Gasteiger partial charge in [-0.15, -0.1) is 0 Å². The van der Waals surface area contributed by atoms with Crippen LogP contribution >= 0.6 is 0 Å². The SMILES string of the molecule is O=C(Cc1ccc2cccc(F)c2c1)[C@@H]1CC1c1ccc(S(=O)(=O)Cc2ccccn2)cc1. The Morgan fingerprint density at radius 2 is 1.79 bits per heavy atom. The fourth-order valence-electron chi connectivity index (χ4n) is 4.33. The van der Waals surface area contributed by atoms with Crippen LogP contribution in [0.1, 0.15) is 29.2 Å². The molecule has 5 rings (SSSR count). The zero-order valence-corrected chi connectivity index (χ0v) is 18.6. The predicted octanol–water partition coefficient (Wildman–Crippen LogP) is 5.26. The minimum absolute atomic E-state index is 0.0858. The summed E-state index contributed by atoms with van der Waals surface area (Å²) in [5, 5.41) is 1.34. The molecule has 1 aromatic heterocycles. The molecule has 0 radical (unpaired) electrons. The molecular weight excluding hydrogens is 437 g/mol. The molecule has 0 spiro atoms. The van der Waals surface area contributed by atoms with Crippen molar-refractivity contribution in [1.29, 1.82) is 0 Å². The van der Waals surface area contributed by atoms with Crippen molar-refractivity contribution in [2.45, 2.75) is 29.4 Å². The van der Waals surface area contributed by atoms with Crippen LogP contribution < -0.4 is 0 Å². The Labute approximate surface area is 192 Å². The van der Waals surface area contributed by atoms with E-state index in [1.165, 1.54) is 6.07 Å². The highest BCUT2D eigenvalue weighted by molar-refractivity contribution is 7.90. The Balaban J connectivity index is 1.25. The molecular formula is C27H22FNO3S. The minimum atomic E-state index is -3.49. The van der Waals surface area contributed by atoms with Crippen LogP contribution in [0.25, 0.3) is 10.8 Å². The lowest BCUT2D eigenvalue weighted by atomic mass is 10.00. The molecule has 4 nitrogen and oxygen atoms in total. The summed E-state index contributed by atoms with van der Waals surface area (Å²) in [6.07, 6.45) is 2.59. The van der Waals surface area contributed by atoms with E-state index < -0.39 is 9.84 Å². The van der Waals surface area contributed by atoms with Gasteiger partial charge in [0, 0.05) is 23.9 Å². The number of pyridine rings is 1. The number of aromatic nitrogens is 1. The molecule has 6 heteroatoms. The van der Waals surface area contributed by atoms with Crippen LogP contribution in [0.2, 0.25) is 0 Å². The van der Waals surface area contributed by atoms with E-state index >= 15 is 0 Å². The zero-order chi connectivity index (χ0) is 23.0. The average molecular weight is 460 g/mol. The van der Waals surface area contributed by atoms with Crippen molar-refractivity contribution in [2.75, 3.05) is 0 Å². The molecule has 1 aliphatic carbocycles. The Morgan fingerprint density at radius 1 is 0.970 bits per heavy atom. The molecule has 1 aliphatic rings. The zero-order valence-electron chi connectivity index (χ0n) is 17.8. The van der Waals surface area contributed by atoms with Crippen molar-refractivity contribution in [1.82, 2.24) is 4.98 Å². The summed E-state index contributed by atoms with van der Waals surface area (Å²) in [4.78, 5) is 17.2. The molecule has 1 fully saturated rings. The van der Waals surface area contributed by atoms with E-state index in [4.69, 9.17) is 0 Å². The number of hydrogen-bond acceptors (Lipinski definition) is 4. The number of rotatable bonds is 7. The Hall–Kier alpha value is -3.38. The quantitative estimate of drug-likeness (QED) is 0.378. The monoisotopic (exact) mass is 459 g/mol. The molecule has 0 aliphatic heterocycles. The van der Waals surface area contributed by atoms with E-state index in [-0.39, 0.29) is 40.5 Å². The van der Waals surface area contributed by atoms with Crippen molar-refractivity contribution in [3.63, 3.8) is 0 Å². The first-order chi connectivity index (χ1) is 15.9. The van der Waals surface area contributed by atoms with Crippen LogP contribution in [0, 0.1) is 11.7 Å². The fourth-order valence-corrected chi connectivity index (χ4v) is 5.60. The summed E-state index contributed by atoms with van der Waals surface area (Å²) in [6, 6.07) is 22.4. The van der Waals surface area contributed by atoms with Crippen LogP contribution in [-0.4, -0.2) is 19.2 Å². The molecule has 2 atom stereocenters. The number of benzene rings is 3. The summed E-state index contributed by atoms with van der Waals surface area (Å²) in [7, 11) is -3.49. The summed E-state index contributed by atoms with van der Waals surface area (Å²) >= 11 is 0. The van der Waals surface area contributed by atoms with Gasteiger partial charge in [-0.05, 0) is 65.3 Å². The highest BCUT2D eigenvalue weighted by Crippen LogP contribution is 2.48. The number of carbonyl (C=O) groups excluding carboxylic acids is 1. The van der Waals surface area contributed by atoms with E-state index in [1.54, 1.807) is 60.8 Å². The van der Waals surface area contributed by atoms with E-state index in [0.717, 1.165) is 22.9 Å². The van der Waals surface area contributed by atoms with E-state index in [1.807, 2.05) is 18.2 Å². The van der Waals surface area contributed by atoms with Crippen LogP contribution in [-0.2, 0) is 26.8 Å². The Morgan fingerprint density at radius 3 is 2.55 bits per heavy atom. The molecule has 0 saturated heterocycles. The topological polar surface area (TPSA) is 64.1 Å². The normalized spacial score (nSPS) is 17.7. The highest BCUT2D eigenvalue weighted by Gasteiger charge is 2.43. The second-order valence-electron chi connectivity index (χ2n) is 8.54. The van der Waals surface area contributed by atoms with Gasteiger partial charge in [0.1, 0.15) is 11.6 Å². The number of halogens is 1. The van der Waals surface area contributed by atoms with Gasteiger partial charge in [0.2, 0.25) is 0 Å². The van der Waals surface area contributed by atoms with Gasteiger partial charge in [-0.25, -0.2) is 12.8 Å². The van der Waals surface area contributed by atoms with Gasteiger partial charge in [-0.3, -0.25) is 9.78 Å². The fraction of sp³-hybridized carbons (Fsp3) is 0.185. The van der Waals surface area contributed by atoms with Crippen molar-refractivity contribution in [3.8, 4) is 0 Å². The highest BCUT2D eigenvalue weighted by atomic mass is 32.2. The number of ketones is 1. The van der Waals surface area contributed by atoms with Crippen molar-refractivity contribution in [3.05, 3.63) is 108 Å². The first kappa shape index (κ1) is 21.5. The molecule has 33 heavy (non-hydrogen) atoms. The van der Waals surface area contributed by atoms with Gasteiger partial charge in [0.25, 0.3) is 0 Å². The first-order valence-corrected chi connectivity index (χ1v) is 12.5. The van der Waals surface area contributed by atoms with Gasteiger partial charge in [0.05, 0.1) is 16.3 Å². The third-order valence-corrected chi connectivity index (χ3v) is 7.87. The molecule has 3 aromatic carbocycles. The number of fused-ring (bicyclic) bond motifs is 1. The number of carbonyl (C=O) groups is 1. The van der Waals surface area contributed by atoms with Crippen LogP contribution in [0.3, 0.4) is 0 Å². The molecule has 166 valence electrons. The summed E-state index contributed by atoms with van der Waals surface area (Å²) in [5.41, 5.74) is 2.27. The van der Waals surface area contributed by atoms with Crippen LogP contribution in [0.4, 0.5) is 4.39 Å². The third-order valence-electron chi connectivity index (χ3n) is 6.21. The van der Waals surface area contributed by atoms with Crippen molar-refractivity contribution >= 4 is 26.4 Å². The largest absolute Gasteiger partial charge is 0.299 e. The van der Waals surface area contributed by atoms with E-state index in [0.29, 0.717) is 11.1 Å². The summed E-state index contributed by atoms with van der Waals surface area (Å²) in [5.74, 6) is -0.296. The maximum absolute atomic E-state index is 14.1. The number of Topliss-reactive ketones (excluding diaryl/α,β-unsaturated/α-hetero) is 1. The van der Waals surface area contributed by atoms with Gasteiger partial charge in [-0.2, -0.15) is 0 Å². The number of sulfone groups is 1. The van der Waals surface area contributed by atoms with Crippen molar-refractivity contribution < 1.29 is 17.6 Å². The summed E-state index contributed by atoms with van der Waals surface area (Å²) in [6.45, 7) is 0. The minimum Gasteiger partial charge on any atom is -0.299 e. The molecule has 4 aromatic rings. The third kappa shape index (κ3) is 4.57. The van der Waals surface area contributed by atoms with E-state index in [2.05, 4.69) is 4.98 Å². The standard InChI is InChI=1S/C27H22FNO3S/c28-26-6-3-4-19-8-7-18(14-24(19)26)15-27(30)25-16-23(25)20-9-11-22(12-10-20)33(31,32)17-21-5-1-2-13-29-21/h1-14,23,25H,15-17H2/t23?,25-/m1/s1. The Bertz CT molecular complexity index is 1430. The first-order valence-electron chi connectivity index (χ1n) is 10.8. The van der Waals surface area contributed by atoms with Gasteiger partial charge >= 0.3 is 0 Å². The van der Waals surface area contributed by atoms with Gasteiger partial charge in [0.15, 0.2) is 9.84 Å². The maximum Gasteiger partial charge on any atom is 0.184 e. The van der Waals surface area contributed by atoms with Crippen molar-refractivity contribution in [2.24, 2.45) is 5.92 Å². The number of hydrogen-bond donors (Lipinski definition) is 0. The average Bonchev–Trinajstić information content (AvgIpc) is 3.61. The lowest BCUT2D eigenvalue weighted by Crippen LogP contribution is -2.07.